The molecule has 0 N–H and O–H groups in total. The van der Waals surface area contributed by atoms with Gasteiger partial charge in [-0.15, -0.1) is 11.3 Å². The zero-order chi connectivity index (χ0) is 22.0. The summed E-state index contributed by atoms with van der Waals surface area (Å²) in [6, 6.07) is 13.9. The second-order valence-corrected chi connectivity index (χ2v) is 8.39. The number of hydrogen-bond donors (Lipinski definition) is 0. The third kappa shape index (κ3) is 5.16. The predicted molar refractivity (Wildman–Crippen MR) is 119 cm³/mol. The molecule has 0 saturated carbocycles. The van der Waals surface area contributed by atoms with Crippen LogP contribution in [-0.4, -0.2) is 27.6 Å². The van der Waals surface area contributed by atoms with E-state index in [2.05, 4.69) is 8.75 Å². The zero-order valence-corrected chi connectivity index (χ0v) is 21.4. The van der Waals surface area contributed by atoms with Gasteiger partial charge in [-0.05, 0) is 59.3 Å². The second-order valence-electron chi connectivity index (χ2n) is 6.95. The molecule has 0 aliphatic rings. The number of hydrogen-bond acceptors (Lipinski definition) is 8. The summed E-state index contributed by atoms with van der Waals surface area (Å²) >= 11 is 2.33. The number of carboxylic acid groups (broad SMARTS) is 1. The summed E-state index contributed by atoms with van der Waals surface area (Å²) < 4.78 is 13.6. The van der Waals surface area contributed by atoms with Crippen molar-refractivity contribution in [3.05, 3.63) is 81.1 Å². The Morgan fingerprint density at radius 1 is 1.06 bits per heavy atom. The summed E-state index contributed by atoms with van der Waals surface area (Å²) in [5.41, 5.74) is 3.30. The number of aromatic nitrogens is 2. The van der Waals surface area contributed by atoms with E-state index in [0.29, 0.717) is 27.2 Å². The summed E-state index contributed by atoms with van der Waals surface area (Å²) in [6.07, 6.45) is 0.115. The molecule has 0 radical (unpaired) electrons. The Kier molecular flexibility index (Phi) is 7.97. The van der Waals surface area contributed by atoms with Crippen LogP contribution in [0.3, 0.4) is 0 Å². The van der Waals surface area contributed by atoms with Crippen LogP contribution in [0.25, 0.3) is 16.6 Å². The average molecular weight is 473 g/mol. The Morgan fingerprint density at radius 2 is 1.84 bits per heavy atom. The quantitative estimate of drug-likeness (QED) is 0.223. The second kappa shape index (κ2) is 10.5. The van der Waals surface area contributed by atoms with Gasteiger partial charge in [0.1, 0.15) is 16.8 Å². The number of Topliss-reactive ketones (excluding diaryl/α,β-unsaturated/α-hetero) is 1. The number of allylic oxidation sites excluding steroid dienone is 1. The Bertz CT molecular complexity index is 1330. The molecule has 9 heteroatoms. The molecule has 0 fully saturated rings. The topological polar surface area (TPSA) is 92.2 Å². The third-order valence-corrected chi connectivity index (χ3v) is 6.40. The maximum atomic E-state index is 13.5. The van der Waals surface area contributed by atoms with Crippen LogP contribution in [0.1, 0.15) is 26.4 Å². The monoisotopic (exact) mass is 472 g/mol. The summed E-state index contributed by atoms with van der Waals surface area (Å²) in [7, 11) is 1.55. The van der Waals surface area contributed by atoms with Gasteiger partial charge in [0, 0.05) is 17.6 Å². The largest absolute Gasteiger partial charge is 1.00 e. The number of aryl methyl sites for hydroxylation is 1. The molecule has 0 atom stereocenters. The number of thiophene rings is 1. The van der Waals surface area contributed by atoms with Crippen LogP contribution in [0.2, 0.25) is 0 Å². The molecule has 4 rings (SSSR count). The van der Waals surface area contributed by atoms with Gasteiger partial charge in [-0.3, -0.25) is 4.79 Å². The Labute approximate surface area is 215 Å². The van der Waals surface area contributed by atoms with Crippen LogP contribution < -0.4 is 39.4 Å². The third-order valence-electron chi connectivity index (χ3n) is 4.79. The maximum absolute atomic E-state index is 13.5. The Balaban J connectivity index is 0.00000289. The number of benzene rings is 2. The van der Waals surface area contributed by atoms with Gasteiger partial charge in [0.05, 0.1) is 29.7 Å². The molecule has 0 aliphatic carbocycles. The molecule has 0 unspecified atom stereocenters. The average Bonchev–Trinajstić information content (AvgIpc) is 3.41. The van der Waals surface area contributed by atoms with Crippen LogP contribution in [0, 0.1) is 6.92 Å². The minimum atomic E-state index is -1.41. The van der Waals surface area contributed by atoms with Crippen molar-refractivity contribution in [1.82, 2.24) is 8.75 Å². The molecular weight excluding hydrogens is 455 g/mol. The molecule has 0 spiro atoms. The van der Waals surface area contributed by atoms with Crippen LogP contribution in [0.15, 0.2) is 59.5 Å². The van der Waals surface area contributed by atoms with E-state index in [1.807, 2.05) is 18.4 Å². The zero-order valence-electron chi connectivity index (χ0n) is 17.7. The number of carboxylic acids is 1. The van der Waals surface area contributed by atoms with E-state index >= 15 is 0 Å². The molecule has 0 aliphatic heterocycles. The first-order valence-corrected chi connectivity index (χ1v) is 11.0. The first-order chi connectivity index (χ1) is 15.0. The first-order valence-electron chi connectivity index (χ1n) is 9.36. The van der Waals surface area contributed by atoms with Gasteiger partial charge >= 0.3 is 29.6 Å². The van der Waals surface area contributed by atoms with Gasteiger partial charge in [-0.2, -0.15) is 8.75 Å². The minimum absolute atomic E-state index is 0. The number of aliphatic carboxylic acids is 1. The molecule has 6 nitrogen and oxygen atoms in total. The Morgan fingerprint density at radius 3 is 2.53 bits per heavy atom. The summed E-state index contributed by atoms with van der Waals surface area (Å²) in [5, 5.41) is 14.2. The van der Waals surface area contributed by atoms with Gasteiger partial charge < -0.3 is 14.6 Å². The number of ketones is 1. The molecule has 156 valence electrons. The summed E-state index contributed by atoms with van der Waals surface area (Å²) in [6.45, 7) is 1.89. The fraction of sp³-hybridized carbons (Fsp3) is 0.130. The molecule has 2 aromatic heterocycles. The van der Waals surface area contributed by atoms with Crippen LogP contribution in [-0.2, 0) is 11.2 Å². The number of nitrogens with zero attached hydrogens (tertiary/aromatic N) is 2. The van der Waals surface area contributed by atoms with Gasteiger partial charge in [-0.25, -0.2) is 0 Å². The predicted octanol–water partition coefficient (Wildman–Crippen LogP) is 0.703. The number of carbonyl (C=O) groups excluding carboxylic acids is 2. The Hall–Kier alpha value is -2.36. The number of rotatable bonds is 7. The van der Waals surface area contributed by atoms with Crippen molar-refractivity contribution in [1.29, 1.82) is 0 Å². The smallest absolute Gasteiger partial charge is 0.545 e. The molecule has 2 aromatic carbocycles. The van der Waals surface area contributed by atoms with E-state index < -0.39 is 5.97 Å². The minimum Gasteiger partial charge on any atom is -0.545 e. The van der Waals surface area contributed by atoms with Crippen molar-refractivity contribution in [3.8, 4) is 5.75 Å². The van der Waals surface area contributed by atoms with Crippen LogP contribution >= 0.6 is 23.1 Å². The number of methoxy groups -OCH3 is 1. The molecule has 32 heavy (non-hydrogen) atoms. The molecule has 0 saturated heterocycles. The van der Waals surface area contributed by atoms with Crippen molar-refractivity contribution < 1.29 is 49.0 Å². The molecule has 2 heterocycles. The normalized spacial score (nSPS) is 11.6. The summed E-state index contributed by atoms with van der Waals surface area (Å²) in [5.74, 6) is -1.13. The standard InChI is InChI=1S/C23H18N2O4S2.Na/c1-13-8-20(30-12-13)22(26)17(10-14-4-3-5-16(9-14)29-2)21(23(27)28)15-6-7-18-19(11-15)25-31-24-18;/h3-9,11-12H,10H2,1-2H3,(H,27,28);/q;+1/p-1. The van der Waals surface area contributed by atoms with Gasteiger partial charge in [0.25, 0.3) is 0 Å². The van der Waals surface area contributed by atoms with E-state index in [1.165, 1.54) is 11.3 Å². The van der Waals surface area contributed by atoms with Crippen LogP contribution in [0.4, 0.5) is 0 Å². The summed E-state index contributed by atoms with van der Waals surface area (Å²) in [4.78, 5) is 26.2. The number of carbonyl (C=O) groups is 2. The molecular formula is C23H17N2NaO4S2. The van der Waals surface area contributed by atoms with Gasteiger partial charge in [0.2, 0.25) is 0 Å². The fourth-order valence-corrected chi connectivity index (χ4v) is 4.70. The fourth-order valence-electron chi connectivity index (χ4n) is 3.32. The maximum Gasteiger partial charge on any atom is 1.00 e. The molecule has 0 bridgehead atoms. The first kappa shape index (κ1) is 24.3. The van der Waals surface area contributed by atoms with Crippen molar-refractivity contribution in [2.24, 2.45) is 0 Å². The van der Waals surface area contributed by atoms with Gasteiger partial charge in [0.15, 0.2) is 5.78 Å². The number of ether oxygens (including phenoxy) is 1. The van der Waals surface area contributed by atoms with Crippen molar-refractivity contribution in [2.75, 3.05) is 7.11 Å². The van der Waals surface area contributed by atoms with E-state index in [-0.39, 0.29) is 52.9 Å². The molecule has 4 aromatic rings. The van der Waals surface area contributed by atoms with Crippen molar-refractivity contribution in [3.63, 3.8) is 0 Å². The number of fused-ring (bicyclic) bond motifs is 1. The van der Waals surface area contributed by atoms with E-state index in [1.54, 1.807) is 49.6 Å². The van der Waals surface area contributed by atoms with Crippen molar-refractivity contribution >= 4 is 51.4 Å². The van der Waals surface area contributed by atoms with Crippen molar-refractivity contribution in [2.45, 2.75) is 13.3 Å². The van der Waals surface area contributed by atoms with E-state index in [0.717, 1.165) is 22.9 Å². The van der Waals surface area contributed by atoms with Gasteiger partial charge in [-0.1, -0.05) is 18.2 Å². The van der Waals surface area contributed by atoms with Crippen LogP contribution in [0.5, 0.6) is 5.75 Å². The van der Waals surface area contributed by atoms with E-state index in [9.17, 15) is 14.7 Å². The van der Waals surface area contributed by atoms with E-state index in [4.69, 9.17) is 4.74 Å². The SMILES string of the molecule is COc1cccc(CC(C(=O)c2cc(C)cs2)=C(C(=O)[O-])c2ccc3nsnc3c2)c1.[Na+]. The molecule has 0 amide bonds.